The molecule has 0 aliphatic rings. The number of thioether (sulfide) groups is 1. The van der Waals surface area contributed by atoms with Gasteiger partial charge < -0.3 is 15.8 Å². The van der Waals surface area contributed by atoms with Crippen molar-refractivity contribution >= 4 is 17.7 Å². The molecule has 1 amide bonds. The second kappa shape index (κ2) is 9.74. The molecule has 0 aromatic heterocycles. The van der Waals surface area contributed by atoms with Gasteiger partial charge in [-0.15, -0.1) is 0 Å². The summed E-state index contributed by atoms with van der Waals surface area (Å²) >= 11 is 1.84. The van der Waals surface area contributed by atoms with Crippen molar-refractivity contribution in [3.05, 3.63) is 0 Å². The first-order valence-electron chi connectivity index (χ1n) is 6.18. The average molecular weight is 262 g/mol. The van der Waals surface area contributed by atoms with Crippen LogP contribution in [0.5, 0.6) is 0 Å². The van der Waals surface area contributed by atoms with Gasteiger partial charge >= 0.3 is 0 Å². The summed E-state index contributed by atoms with van der Waals surface area (Å²) in [6.45, 7) is 5.59. The first-order chi connectivity index (χ1) is 8.06. The summed E-state index contributed by atoms with van der Waals surface area (Å²) in [6, 6.07) is 0. The van der Waals surface area contributed by atoms with Crippen LogP contribution in [0.2, 0.25) is 0 Å². The number of carbonyl (C=O) groups is 1. The van der Waals surface area contributed by atoms with Gasteiger partial charge in [-0.2, -0.15) is 11.8 Å². The smallest absolute Gasteiger partial charge is 0.237 e. The van der Waals surface area contributed by atoms with E-state index in [1.165, 1.54) is 0 Å². The van der Waals surface area contributed by atoms with Crippen molar-refractivity contribution in [3.8, 4) is 0 Å². The standard InChI is InChI=1S/C12H26N2O2S/c1-4-7-14-12(2,11(13)15)6-10-17-9-5-8-16-3/h14H,4-10H2,1-3H3,(H2,13,15). The van der Waals surface area contributed by atoms with E-state index in [1.807, 2.05) is 18.7 Å². The molecule has 0 saturated heterocycles. The lowest BCUT2D eigenvalue weighted by Gasteiger charge is -2.27. The van der Waals surface area contributed by atoms with Gasteiger partial charge in [0.2, 0.25) is 5.91 Å². The van der Waals surface area contributed by atoms with Gasteiger partial charge in [0.15, 0.2) is 0 Å². The van der Waals surface area contributed by atoms with Gasteiger partial charge in [0.25, 0.3) is 0 Å². The molecule has 0 radical (unpaired) electrons. The molecule has 0 aromatic carbocycles. The third kappa shape index (κ3) is 7.63. The number of hydrogen-bond acceptors (Lipinski definition) is 4. The number of amides is 1. The first kappa shape index (κ1) is 16.7. The van der Waals surface area contributed by atoms with Gasteiger partial charge in [0.1, 0.15) is 0 Å². The molecule has 0 heterocycles. The summed E-state index contributed by atoms with van der Waals surface area (Å²) in [4.78, 5) is 11.4. The SMILES string of the molecule is CCCNC(C)(CCSCCCOC)C(N)=O. The fourth-order valence-corrected chi connectivity index (χ4v) is 2.46. The number of hydrogen-bond donors (Lipinski definition) is 2. The van der Waals surface area contributed by atoms with E-state index in [9.17, 15) is 4.79 Å². The van der Waals surface area contributed by atoms with Gasteiger partial charge in [-0.3, -0.25) is 4.79 Å². The first-order valence-corrected chi connectivity index (χ1v) is 7.34. The Morgan fingerprint density at radius 3 is 2.71 bits per heavy atom. The molecular weight excluding hydrogens is 236 g/mol. The molecule has 0 aliphatic carbocycles. The number of rotatable bonds is 11. The van der Waals surface area contributed by atoms with Gasteiger partial charge in [0.05, 0.1) is 5.54 Å². The molecule has 0 fully saturated rings. The summed E-state index contributed by atoms with van der Waals surface area (Å²) in [5.74, 6) is 1.75. The maximum atomic E-state index is 11.4. The highest BCUT2D eigenvalue weighted by Gasteiger charge is 2.29. The second-order valence-corrected chi connectivity index (χ2v) is 5.56. The number of nitrogens with two attached hydrogens (primary N) is 1. The maximum Gasteiger partial charge on any atom is 0.237 e. The van der Waals surface area contributed by atoms with E-state index in [-0.39, 0.29) is 5.91 Å². The van der Waals surface area contributed by atoms with Crippen molar-refractivity contribution < 1.29 is 9.53 Å². The van der Waals surface area contributed by atoms with E-state index in [0.717, 1.165) is 43.9 Å². The van der Waals surface area contributed by atoms with Crippen LogP contribution in [0.25, 0.3) is 0 Å². The van der Waals surface area contributed by atoms with Crippen LogP contribution in [-0.4, -0.2) is 43.2 Å². The fraction of sp³-hybridized carbons (Fsp3) is 0.917. The molecule has 5 heteroatoms. The summed E-state index contributed by atoms with van der Waals surface area (Å²) in [5, 5.41) is 3.23. The molecule has 0 aromatic rings. The number of methoxy groups -OCH3 is 1. The second-order valence-electron chi connectivity index (χ2n) is 4.33. The Bertz CT molecular complexity index is 215. The predicted molar refractivity (Wildman–Crippen MR) is 74.3 cm³/mol. The Morgan fingerprint density at radius 2 is 2.18 bits per heavy atom. The van der Waals surface area contributed by atoms with Gasteiger partial charge in [-0.25, -0.2) is 0 Å². The summed E-state index contributed by atoms with van der Waals surface area (Å²) in [6.07, 6.45) is 2.83. The van der Waals surface area contributed by atoms with Crippen molar-refractivity contribution in [1.82, 2.24) is 5.32 Å². The van der Waals surface area contributed by atoms with Crippen LogP contribution in [-0.2, 0) is 9.53 Å². The minimum atomic E-state index is -0.565. The predicted octanol–water partition coefficient (Wildman–Crippen LogP) is 1.39. The highest BCUT2D eigenvalue weighted by Crippen LogP contribution is 2.14. The van der Waals surface area contributed by atoms with Crippen LogP contribution in [0.15, 0.2) is 0 Å². The highest BCUT2D eigenvalue weighted by atomic mass is 32.2. The Morgan fingerprint density at radius 1 is 1.47 bits per heavy atom. The van der Waals surface area contributed by atoms with Crippen LogP contribution >= 0.6 is 11.8 Å². The Labute approximate surface area is 109 Å². The molecule has 17 heavy (non-hydrogen) atoms. The quantitative estimate of drug-likeness (QED) is 0.552. The molecule has 0 spiro atoms. The molecule has 0 rings (SSSR count). The van der Waals surface area contributed by atoms with Crippen molar-refractivity contribution in [1.29, 1.82) is 0 Å². The number of nitrogens with one attached hydrogen (secondary N) is 1. The lowest BCUT2D eigenvalue weighted by atomic mass is 9.98. The molecule has 3 N–H and O–H groups in total. The van der Waals surface area contributed by atoms with Crippen molar-refractivity contribution in [2.75, 3.05) is 31.8 Å². The zero-order valence-electron chi connectivity index (χ0n) is 11.3. The van der Waals surface area contributed by atoms with Gasteiger partial charge in [0, 0.05) is 13.7 Å². The molecule has 0 aliphatic heterocycles. The number of ether oxygens (including phenoxy) is 1. The van der Waals surface area contributed by atoms with E-state index in [4.69, 9.17) is 10.5 Å². The topological polar surface area (TPSA) is 64.3 Å². The lowest BCUT2D eigenvalue weighted by molar-refractivity contribution is -0.123. The molecule has 1 unspecified atom stereocenters. The van der Waals surface area contributed by atoms with E-state index < -0.39 is 5.54 Å². The minimum absolute atomic E-state index is 0.261. The molecule has 102 valence electrons. The molecule has 1 atom stereocenters. The van der Waals surface area contributed by atoms with Crippen molar-refractivity contribution in [2.45, 2.75) is 38.6 Å². The average Bonchev–Trinajstić information content (AvgIpc) is 2.31. The van der Waals surface area contributed by atoms with Crippen LogP contribution < -0.4 is 11.1 Å². The van der Waals surface area contributed by atoms with Crippen molar-refractivity contribution in [3.63, 3.8) is 0 Å². The lowest BCUT2D eigenvalue weighted by Crippen LogP contribution is -2.53. The number of carbonyl (C=O) groups excluding carboxylic acids is 1. The monoisotopic (exact) mass is 262 g/mol. The molecule has 0 bridgehead atoms. The Balaban J connectivity index is 3.81. The maximum absolute atomic E-state index is 11.4. The van der Waals surface area contributed by atoms with E-state index >= 15 is 0 Å². The highest BCUT2D eigenvalue weighted by molar-refractivity contribution is 7.99. The Kier molecular flexibility index (Phi) is 9.59. The third-order valence-electron chi connectivity index (χ3n) is 2.69. The van der Waals surface area contributed by atoms with Crippen LogP contribution in [0, 0.1) is 0 Å². The van der Waals surface area contributed by atoms with Gasteiger partial charge in [-0.05, 0) is 44.2 Å². The fourth-order valence-electron chi connectivity index (χ4n) is 1.38. The van der Waals surface area contributed by atoms with Crippen LogP contribution in [0.3, 0.4) is 0 Å². The zero-order valence-corrected chi connectivity index (χ0v) is 12.1. The molecule has 4 nitrogen and oxygen atoms in total. The Hall–Kier alpha value is -0.260. The summed E-state index contributed by atoms with van der Waals surface area (Å²) in [7, 11) is 1.71. The molecular formula is C12H26N2O2S. The van der Waals surface area contributed by atoms with E-state index in [2.05, 4.69) is 12.2 Å². The van der Waals surface area contributed by atoms with Crippen LogP contribution in [0.1, 0.15) is 33.1 Å². The number of primary amides is 1. The van der Waals surface area contributed by atoms with Crippen molar-refractivity contribution in [2.24, 2.45) is 5.73 Å². The normalized spacial score (nSPS) is 14.5. The summed E-state index contributed by atoms with van der Waals surface area (Å²) < 4.78 is 4.98. The summed E-state index contributed by atoms with van der Waals surface area (Å²) in [5.41, 5.74) is 4.88. The van der Waals surface area contributed by atoms with Crippen LogP contribution in [0.4, 0.5) is 0 Å². The zero-order chi connectivity index (χ0) is 13.1. The third-order valence-corrected chi connectivity index (χ3v) is 3.76. The molecule has 0 saturated carbocycles. The largest absolute Gasteiger partial charge is 0.385 e. The van der Waals surface area contributed by atoms with Gasteiger partial charge in [-0.1, -0.05) is 6.92 Å². The minimum Gasteiger partial charge on any atom is -0.385 e. The van der Waals surface area contributed by atoms with E-state index in [0.29, 0.717) is 0 Å². The van der Waals surface area contributed by atoms with E-state index in [1.54, 1.807) is 7.11 Å².